The quantitative estimate of drug-likeness (QED) is 0.902. The van der Waals surface area contributed by atoms with Crippen molar-refractivity contribution < 1.29 is 9.53 Å². The van der Waals surface area contributed by atoms with E-state index in [0.29, 0.717) is 5.88 Å². The number of methoxy groups -OCH3 is 1. The normalized spacial score (nSPS) is 19.7. The van der Waals surface area contributed by atoms with Crippen LogP contribution in [0.15, 0.2) is 24.4 Å². The average molecular weight is 274 g/mol. The molecular formula is C16H22N2O2. The van der Waals surface area contributed by atoms with Crippen LogP contribution in [0.5, 0.6) is 5.88 Å². The van der Waals surface area contributed by atoms with Gasteiger partial charge in [0.25, 0.3) is 0 Å². The topological polar surface area (TPSA) is 51.2 Å². The molecule has 2 heterocycles. The summed E-state index contributed by atoms with van der Waals surface area (Å²) in [5.41, 5.74) is 2.54. The number of nitrogens with one attached hydrogen (secondary N) is 1. The van der Waals surface area contributed by atoms with Crippen molar-refractivity contribution in [1.29, 1.82) is 0 Å². The highest BCUT2D eigenvalue weighted by Gasteiger charge is 2.29. The Morgan fingerprint density at radius 1 is 1.40 bits per heavy atom. The van der Waals surface area contributed by atoms with Gasteiger partial charge in [-0.25, -0.2) is 4.98 Å². The third-order valence-corrected chi connectivity index (χ3v) is 3.58. The highest BCUT2D eigenvalue weighted by atomic mass is 16.5. The summed E-state index contributed by atoms with van der Waals surface area (Å²) in [6.07, 6.45) is 1.54. The first kappa shape index (κ1) is 14.6. The number of amides is 1. The first-order chi connectivity index (χ1) is 9.32. The van der Waals surface area contributed by atoms with Crippen LogP contribution >= 0.6 is 0 Å². The summed E-state index contributed by atoms with van der Waals surface area (Å²) in [5, 5.41) is 2.81. The number of ether oxygens (including phenoxy) is 1. The molecule has 4 heteroatoms. The van der Waals surface area contributed by atoms with Crippen molar-refractivity contribution in [2.24, 2.45) is 0 Å². The van der Waals surface area contributed by atoms with Crippen LogP contribution in [0.3, 0.4) is 0 Å². The number of allylic oxidation sites excluding steroid dienone is 1. The molecule has 1 aromatic heterocycles. The van der Waals surface area contributed by atoms with E-state index in [4.69, 9.17) is 4.74 Å². The van der Waals surface area contributed by atoms with Crippen LogP contribution in [0.1, 0.15) is 50.8 Å². The molecule has 1 unspecified atom stereocenters. The van der Waals surface area contributed by atoms with Gasteiger partial charge in [0.1, 0.15) is 0 Å². The predicted molar refractivity (Wildman–Crippen MR) is 78.7 cm³/mol. The fourth-order valence-corrected chi connectivity index (χ4v) is 2.37. The minimum atomic E-state index is -0.211. The number of rotatable bonds is 2. The molecule has 20 heavy (non-hydrogen) atoms. The predicted octanol–water partition coefficient (Wildman–Crippen LogP) is 2.90. The molecule has 108 valence electrons. The highest BCUT2D eigenvalue weighted by molar-refractivity contribution is 5.86. The minimum absolute atomic E-state index is 0.0233. The third kappa shape index (κ3) is 2.84. The second-order valence-corrected chi connectivity index (χ2v) is 6.23. The zero-order valence-electron chi connectivity index (χ0n) is 12.6. The van der Waals surface area contributed by atoms with E-state index in [1.54, 1.807) is 7.11 Å². The largest absolute Gasteiger partial charge is 0.481 e. The summed E-state index contributed by atoms with van der Waals surface area (Å²) in [6, 6.07) is 3.94. The molecule has 4 nitrogen and oxygen atoms in total. The van der Waals surface area contributed by atoms with Gasteiger partial charge in [-0.2, -0.15) is 0 Å². The summed E-state index contributed by atoms with van der Waals surface area (Å²) in [4.78, 5) is 16.7. The Bertz CT molecular complexity index is 544. The SMILES string of the molecule is C=C1CCC(c2ccc(C(C)(C)C)nc2OC)C(=O)N1. The van der Waals surface area contributed by atoms with E-state index in [2.05, 4.69) is 37.7 Å². The van der Waals surface area contributed by atoms with E-state index in [1.165, 1.54) is 0 Å². The van der Waals surface area contributed by atoms with Gasteiger partial charge < -0.3 is 10.1 Å². The van der Waals surface area contributed by atoms with Crippen LogP contribution in [-0.2, 0) is 10.2 Å². The van der Waals surface area contributed by atoms with Crippen molar-refractivity contribution in [2.45, 2.75) is 44.9 Å². The molecule has 0 saturated carbocycles. The van der Waals surface area contributed by atoms with Gasteiger partial charge in [0.15, 0.2) is 0 Å². The molecule has 1 atom stereocenters. The molecule has 1 saturated heterocycles. The van der Waals surface area contributed by atoms with Gasteiger partial charge in [0.2, 0.25) is 11.8 Å². The Morgan fingerprint density at radius 3 is 2.65 bits per heavy atom. The molecule has 2 rings (SSSR count). The van der Waals surface area contributed by atoms with E-state index in [-0.39, 0.29) is 17.2 Å². The van der Waals surface area contributed by atoms with Crippen LogP contribution in [0.25, 0.3) is 0 Å². The molecule has 1 aliphatic heterocycles. The Hall–Kier alpha value is -1.84. The maximum Gasteiger partial charge on any atom is 0.231 e. The third-order valence-electron chi connectivity index (χ3n) is 3.58. The molecule has 1 aromatic rings. The number of hydrogen-bond acceptors (Lipinski definition) is 3. The van der Waals surface area contributed by atoms with Crippen LogP contribution in [-0.4, -0.2) is 18.0 Å². The molecule has 0 bridgehead atoms. The van der Waals surface area contributed by atoms with E-state index in [0.717, 1.165) is 29.8 Å². The number of nitrogens with zero attached hydrogens (tertiary/aromatic N) is 1. The molecule has 0 aromatic carbocycles. The Balaban J connectivity index is 2.37. The number of carbonyl (C=O) groups excluding carboxylic acids is 1. The Morgan fingerprint density at radius 2 is 2.10 bits per heavy atom. The molecule has 0 aliphatic carbocycles. The van der Waals surface area contributed by atoms with E-state index >= 15 is 0 Å². The summed E-state index contributed by atoms with van der Waals surface area (Å²) in [6.45, 7) is 10.1. The lowest BCUT2D eigenvalue weighted by molar-refractivity contribution is -0.122. The van der Waals surface area contributed by atoms with Gasteiger partial charge in [-0.3, -0.25) is 4.79 Å². The maximum atomic E-state index is 12.1. The molecule has 1 fully saturated rings. The van der Waals surface area contributed by atoms with Crippen LogP contribution in [0.4, 0.5) is 0 Å². The van der Waals surface area contributed by atoms with Crippen LogP contribution < -0.4 is 10.1 Å². The zero-order valence-corrected chi connectivity index (χ0v) is 12.6. The summed E-state index contributed by atoms with van der Waals surface area (Å²) in [5.74, 6) is 0.312. The van der Waals surface area contributed by atoms with Crippen LogP contribution in [0, 0.1) is 0 Å². The van der Waals surface area contributed by atoms with Gasteiger partial charge in [-0.15, -0.1) is 0 Å². The molecule has 1 aliphatic rings. The van der Waals surface area contributed by atoms with Gasteiger partial charge in [-0.05, 0) is 18.9 Å². The molecular weight excluding hydrogens is 252 g/mol. The van der Waals surface area contributed by atoms with Gasteiger partial charge in [0, 0.05) is 22.4 Å². The van der Waals surface area contributed by atoms with Crippen LogP contribution in [0.2, 0.25) is 0 Å². The van der Waals surface area contributed by atoms with Gasteiger partial charge in [0.05, 0.1) is 13.0 Å². The van der Waals surface area contributed by atoms with Crippen molar-refractivity contribution in [1.82, 2.24) is 10.3 Å². The van der Waals surface area contributed by atoms with Gasteiger partial charge >= 0.3 is 0 Å². The summed E-state index contributed by atoms with van der Waals surface area (Å²) in [7, 11) is 1.60. The van der Waals surface area contributed by atoms with Crippen molar-refractivity contribution in [3.63, 3.8) is 0 Å². The zero-order chi connectivity index (χ0) is 14.9. The molecule has 0 spiro atoms. The number of hydrogen-bond donors (Lipinski definition) is 1. The lowest BCUT2D eigenvalue weighted by Gasteiger charge is -2.26. The number of pyridine rings is 1. The Kier molecular flexibility index (Phi) is 3.84. The molecule has 0 radical (unpaired) electrons. The second kappa shape index (κ2) is 5.27. The fraction of sp³-hybridized carbons (Fsp3) is 0.500. The standard InChI is InChI=1S/C16H22N2O2/c1-10-6-7-11(14(19)17-10)12-8-9-13(16(2,3)4)18-15(12)20-5/h8-9,11H,1,6-7H2,2-5H3,(H,17,19). The van der Waals surface area contributed by atoms with E-state index in [9.17, 15) is 4.79 Å². The lowest BCUT2D eigenvalue weighted by atomic mass is 9.87. The lowest BCUT2D eigenvalue weighted by Crippen LogP contribution is -2.33. The Labute approximate surface area is 120 Å². The number of carbonyl (C=O) groups is 1. The fourth-order valence-electron chi connectivity index (χ4n) is 2.37. The number of piperidine rings is 1. The maximum absolute atomic E-state index is 12.1. The average Bonchev–Trinajstić information content (AvgIpc) is 2.37. The van der Waals surface area contributed by atoms with Crippen molar-refractivity contribution >= 4 is 5.91 Å². The smallest absolute Gasteiger partial charge is 0.231 e. The van der Waals surface area contributed by atoms with Crippen molar-refractivity contribution in [3.05, 3.63) is 35.7 Å². The van der Waals surface area contributed by atoms with E-state index < -0.39 is 0 Å². The van der Waals surface area contributed by atoms with E-state index in [1.807, 2.05) is 12.1 Å². The molecule has 1 amide bonds. The van der Waals surface area contributed by atoms with Gasteiger partial charge in [-0.1, -0.05) is 33.4 Å². The first-order valence-corrected chi connectivity index (χ1v) is 6.87. The second-order valence-electron chi connectivity index (χ2n) is 6.23. The summed E-state index contributed by atoms with van der Waals surface area (Å²) >= 11 is 0. The van der Waals surface area contributed by atoms with Crippen molar-refractivity contribution in [3.8, 4) is 5.88 Å². The van der Waals surface area contributed by atoms with Crippen molar-refractivity contribution in [2.75, 3.05) is 7.11 Å². The highest BCUT2D eigenvalue weighted by Crippen LogP contribution is 2.34. The number of aromatic nitrogens is 1. The monoisotopic (exact) mass is 274 g/mol. The first-order valence-electron chi connectivity index (χ1n) is 6.87. The minimum Gasteiger partial charge on any atom is -0.481 e. The molecule has 1 N–H and O–H groups in total. The summed E-state index contributed by atoms with van der Waals surface area (Å²) < 4.78 is 5.40.